The molecule has 12 heavy (non-hydrogen) atoms. The largest absolute Gasteiger partial charge is 0.467 e. The van der Waals surface area contributed by atoms with Gasteiger partial charge >= 0.3 is 0 Å². The van der Waals surface area contributed by atoms with Crippen LogP contribution in [0.25, 0.3) is 0 Å². The molecule has 1 unspecified atom stereocenters. The Morgan fingerprint density at radius 3 is 2.75 bits per heavy atom. The number of rotatable bonds is 3. The Kier molecular flexibility index (Phi) is 2.89. The van der Waals surface area contributed by atoms with E-state index >= 15 is 0 Å². The highest BCUT2D eigenvalue weighted by Gasteiger charge is 2.13. The fraction of sp³-hybridized carbons (Fsp3) is 0.444. The van der Waals surface area contributed by atoms with Gasteiger partial charge in [-0.2, -0.15) is 5.26 Å². The Labute approximate surface area is 72.0 Å². The maximum Gasteiger partial charge on any atom is 0.154 e. The van der Waals surface area contributed by atoms with Gasteiger partial charge in [-0.05, 0) is 26.0 Å². The Bertz CT molecular complexity index is 259. The summed E-state index contributed by atoms with van der Waals surface area (Å²) in [5.41, 5.74) is 0. The third-order valence-electron chi connectivity index (χ3n) is 1.46. The topological polar surface area (TPSA) is 49.0 Å². The second-order valence-electron chi connectivity index (χ2n) is 2.90. The van der Waals surface area contributed by atoms with Gasteiger partial charge in [0.25, 0.3) is 0 Å². The molecule has 3 nitrogen and oxygen atoms in total. The maximum absolute atomic E-state index is 8.77. The monoisotopic (exact) mass is 164 g/mol. The molecule has 0 bridgehead atoms. The molecule has 3 heteroatoms. The molecule has 0 aliphatic rings. The van der Waals surface area contributed by atoms with Crippen LogP contribution in [0.15, 0.2) is 22.8 Å². The van der Waals surface area contributed by atoms with Gasteiger partial charge < -0.3 is 4.42 Å². The zero-order valence-corrected chi connectivity index (χ0v) is 7.24. The first kappa shape index (κ1) is 8.82. The molecule has 0 aliphatic carbocycles. The van der Waals surface area contributed by atoms with Crippen LogP contribution in [0.5, 0.6) is 0 Å². The zero-order chi connectivity index (χ0) is 8.97. The average molecular weight is 164 g/mol. The maximum atomic E-state index is 8.77. The van der Waals surface area contributed by atoms with Gasteiger partial charge in [0, 0.05) is 6.04 Å². The predicted molar refractivity (Wildman–Crippen MR) is 45.3 cm³/mol. The summed E-state index contributed by atoms with van der Waals surface area (Å²) in [5.74, 6) is 0.672. The van der Waals surface area contributed by atoms with Crippen molar-refractivity contribution in [1.29, 1.82) is 5.26 Å². The van der Waals surface area contributed by atoms with Crippen LogP contribution in [-0.2, 0) is 0 Å². The summed E-state index contributed by atoms with van der Waals surface area (Å²) in [4.78, 5) is 0. The van der Waals surface area contributed by atoms with Crippen LogP contribution in [0.1, 0.15) is 25.6 Å². The number of nitrogens with one attached hydrogen (secondary N) is 1. The minimum absolute atomic E-state index is 0.278. The summed E-state index contributed by atoms with van der Waals surface area (Å²) in [6, 6.07) is 5.65. The lowest BCUT2D eigenvalue weighted by atomic mass is 10.2. The van der Waals surface area contributed by atoms with E-state index in [9.17, 15) is 0 Å². The molecule has 1 aromatic heterocycles. The summed E-state index contributed by atoms with van der Waals surface area (Å²) in [7, 11) is 0. The van der Waals surface area contributed by atoms with Crippen LogP contribution in [0, 0.1) is 11.3 Å². The molecule has 0 spiro atoms. The van der Waals surface area contributed by atoms with Gasteiger partial charge in [-0.15, -0.1) is 0 Å². The van der Waals surface area contributed by atoms with Crippen molar-refractivity contribution in [2.45, 2.75) is 25.9 Å². The molecule has 0 fully saturated rings. The predicted octanol–water partition coefficient (Wildman–Crippen LogP) is 1.84. The van der Waals surface area contributed by atoms with Crippen molar-refractivity contribution in [1.82, 2.24) is 5.32 Å². The van der Waals surface area contributed by atoms with Crippen molar-refractivity contribution in [2.75, 3.05) is 0 Å². The van der Waals surface area contributed by atoms with E-state index in [2.05, 4.69) is 11.4 Å². The van der Waals surface area contributed by atoms with E-state index in [0.29, 0.717) is 5.76 Å². The molecule has 0 saturated heterocycles. The first-order valence-corrected chi connectivity index (χ1v) is 3.93. The van der Waals surface area contributed by atoms with Gasteiger partial charge in [-0.3, -0.25) is 5.32 Å². The number of nitrogens with zero attached hydrogens (tertiary/aromatic N) is 1. The highest BCUT2D eigenvalue weighted by Crippen LogP contribution is 2.12. The van der Waals surface area contributed by atoms with Crippen LogP contribution >= 0.6 is 0 Å². The van der Waals surface area contributed by atoms with Gasteiger partial charge in [-0.25, -0.2) is 0 Å². The zero-order valence-electron chi connectivity index (χ0n) is 7.24. The van der Waals surface area contributed by atoms with Crippen molar-refractivity contribution in [3.05, 3.63) is 24.2 Å². The second kappa shape index (κ2) is 3.93. The summed E-state index contributed by atoms with van der Waals surface area (Å²) in [6.07, 6.45) is 1.57. The number of nitriles is 1. The van der Waals surface area contributed by atoms with E-state index in [1.54, 1.807) is 18.4 Å². The Morgan fingerprint density at radius 1 is 1.58 bits per heavy atom. The van der Waals surface area contributed by atoms with Crippen molar-refractivity contribution in [3.8, 4) is 6.07 Å². The molecule has 1 atom stereocenters. The normalized spacial score (nSPS) is 12.8. The molecule has 1 aromatic rings. The highest BCUT2D eigenvalue weighted by atomic mass is 16.3. The Balaban J connectivity index is 2.65. The number of furan rings is 1. The van der Waals surface area contributed by atoms with Gasteiger partial charge in [0.15, 0.2) is 6.04 Å². The van der Waals surface area contributed by atoms with Crippen LogP contribution in [0.4, 0.5) is 0 Å². The molecular formula is C9H12N2O. The van der Waals surface area contributed by atoms with E-state index in [-0.39, 0.29) is 12.1 Å². The van der Waals surface area contributed by atoms with Gasteiger partial charge in [0.05, 0.1) is 12.3 Å². The molecule has 64 valence electrons. The molecule has 0 amide bonds. The lowest BCUT2D eigenvalue weighted by Gasteiger charge is -2.11. The van der Waals surface area contributed by atoms with E-state index in [1.807, 2.05) is 13.8 Å². The minimum Gasteiger partial charge on any atom is -0.467 e. The van der Waals surface area contributed by atoms with Crippen molar-refractivity contribution < 1.29 is 4.42 Å². The van der Waals surface area contributed by atoms with Crippen molar-refractivity contribution >= 4 is 0 Å². The number of hydrogen-bond acceptors (Lipinski definition) is 3. The fourth-order valence-electron chi connectivity index (χ4n) is 0.972. The van der Waals surface area contributed by atoms with Crippen molar-refractivity contribution in [3.63, 3.8) is 0 Å². The molecule has 0 aliphatic heterocycles. The summed E-state index contributed by atoms with van der Waals surface area (Å²) in [6.45, 7) is 3.99. The molecule has 0 saturated carbocycles. The van der Waals surface area contributed by atoms with Crippen molar-refractivity contribution in [2.24, 2.45) is 0 Å². The van der Waals surface area contributed by atoms with Crippen LogP contribution in [0.3, 0.4) is 0 Å². The number of hydrogen-bond donors (Lipinski definition) is 1. The molecule has 1 rings (SSSR count). The molecule has 1 heterocycles. The van der Waals surface area contributed by atoms with Gasteiger partial charge in [-0.1, -0.05) is 0 Å². The molecule has 0 aromatic carbocycles. The van der Waals surface area contributed by atoms with Crippen LogP contribution < -0.4 is 5.32 Å². The Hall–Kier alpha value is -1.27. The Morgan fingerprint density at radius 2 is 2.33 bits per heavy atom. The minimum atomic E-state index is -0.333. The van der Waals surface area contributed by atoms with Crippen LogP contribution in [-0.4, -0.2) is 6.04 Å². The van der Waals surface area contributed by atoms with Gasteiger partial charge in [0.2, 0.25) is 0 Å². The molecular weight excluding hydrogens is 152 g/mol. The molecule has 0 radical (unpaired) electrons. The smallest absolute Gasteiger partial charge is 0.154 e. The van der Waals surface area contributed by atoms with E-state index in [4.69, 9.17) is 9.68 Å². The van der Waals surface area contributed by atoms with E-state index < -0.39 is 0 Å². The quantitative estimate of drug-likeness (QED) is 0.741. The van der Waals surface area contributed by atoms with Crippen LogP contribution in [0.2, 0.25) is 0 Å². The standard InChI is InChI=1S/C9H12N2O/c1-7(2)11-8(6-10)9-4-3-5-12-9/h3-5,7-8,11H,1-2H3. The fourth-order valence-corrected chi connectivity index (χ4v) is 0.972. The van der Waals surface area contributed by atoms with E-state index in [1.165, 1.54) is 0 Å². The lowest BCUT2D eigenvalue weighted by molar-refractivity contribution is 0.436. The summed E-state index contributed by atoms with van der Waals surface area (Å²) in [5, 5.41) is 11.9. The third kappa shape index (κ3) is 2.11. The lowest BCUT2D eigenvalue weighted by Crippen LogP contribution is -2.26. The second-order valence-corrected chi connectivity index (χ2v) is 2.90. The SMILES string of the molecule is CC(C)NC(C#N)c1ccco1. The summed E-state index contributed by atoms with van der Waals surface area (Å²) >= 11 is 0. The average Bonchev–Trinajstić information content (AvgIpc) is 2.51. The summed E-state index contributed by atoms with van der Waals surface area (Å²) < 4.78 is 5.10. The van der Waals surface area contributed by atoms with E-state index in [0.717, 1.165) is 0 Å². The molecule has 1 N–H and O–H groups in total. The highest BCUT2D eigenvalue weighted by molar-refractivity contribution is 5.12. The first-order valence-electron chi connectivity index (χ1n) is 3.93. The first-order chi connectivity index (χ1) is 5.74. The third-order valence-corrected chi connectivity index (χ3v) is 1.46. The van der Waals surface area contributed by atoms with Gasteiger partial charge in [0.1, 0.15) is 5.76 Å².